The van der Waals surface area contributed by atoms with Crippen LogP contribution in [0.3, 0.4) is 0 Å². The first-order valence-electron chi connectivity index (χ1n) is 6.86. The number of rotatable bonds is 6. The third-order valence-corrected chi connectivity index (χ3v) is 4.54. The number of nitro benzene ring substituents is 1. The number of hydrogen-bond donors (Lipinski definition) is 1. The first kappa shape index (κ1) is 16.8. The van der Waals surface area contributed by atoms with Gasteiger partial charge in [-0.05, 0) is 42.7 Å². The lowest BCUT2D eigenvalue weighted by molar-refractivity contribution is -0.385. The minimum absolute atomic E-state index is 0.0446. The molecule has 0 radical (unpaired) electrons. The van der Waals surface area contributed by atoms with E-state index in [1.807, 2.05) is 31.2 Å². The lowest BCUT2D eigenvalue weighted by Crippen LogP contribution is -2.18. The molecular formula is C16H17ClN2O2S. The zero-order valence-corrected chi connectivity index (χ0v) is 13.7. The Bertz CT molecular complexity index is 660. The van der Waals surface area contributed by atoms with E-state index in [0.717, 1.165) is 21.8 Å². The summed E-state index contributed by atoms with van der Waals surface area (Å²) in [6.07, 6.45) is 0.616. The molecule has 0 amide bonds. The summed E-state index contributed by atoms with van der Waals surface area (Å²) < 4.78 is 0. The van der Waals surface area contributed by atoms with Crippen LogP contribution in [0, 0.1) is 10.1 Å². The van der Waals surface area contributed by atoms with Gasteiger partial charge in [-0.1, -0.05) is 23.7 Å². The second-order valence-electron chi connectivity index (χ2n) is 5.15. The highest BCUT2D eigenvalue weighted by atomic mass is 35.5. The maximum absolute atomic E-state index is 10.9. The Labute approximate surface area is 138 Å². The average Bonchev–Trinajstić information content (AvgIpc) is 2.47. The van der Waals surface area contributed by atoms with Crippen molar-refractivity contribution >= 4 is 29.1 Å². The molecule has 0 saturated heterocycles. The maximum atomic E-state index is 10.9. The average molecular weight is 337 g/mol. The number of nitro groups is 1. The van der Waals surface area contributed by atoms with Gasteiger partial charge in [0.25, 0.3) is 5.69 Å². The summed E-state index contributed by atoms with van der Waals surface area (Å²) in [7, 11) is 0. The van der Waals surface area contributed by atoms with Crippen molar-refractivity contribution in [3.8, 4) is 0 Å². The highest BCUT2D eigenvalue weighted by Crippen LogP contribution is 2.30. The molecule has 2 aromatic rings. The summed E-state index contributed by atoms with van der Waals surface area (Å²) in [5, 5.41) is 11.6. The number of nitrogens with two attached hydrogens (primary N) is 1. The van der Waals surface area contributed by atoms with Gasteiger partial charge in [-0.3, -0.25) is 10.1 Å². The molecule has 22 heavy (non-hydrogen) atoms. The molecule has 0 aliphatic heterocycles. The molecule has 0 heterocycles. The van der Waals surface area contributed by atoms with Gasteiger partial charge in [0.05, 0.1) is 4.92 Å². The number of nitrogens with zero attached hydrogens (tertiary/aromatic N) is 1. The number of halogens is 1. The van der Waals surface area contributed by atoms with E-state index in [4.69, 9.17) is 17.3 Å². The van der Waals surface area contributed by atoms with Crippen LogP contribution >= 0.6 is 23.4 Å². The molecule has 6 heteroatoms. The van der Waals surface area contributed by atoms with Gasteiger partial charge in [-0.25, -0.2) is 0 Å². The molecule has 0 bridgehead atoms. The minimum atomic E-state index is -0.377. The largest absolute Gasteiger partial charge is 0.328 e. The molecule has 0 spiro atoms. The molecule has 0 saturated carbocycles. The summed E-state index contributed by atoms with van der Waals surface area (Å²) >= 11 is 7.52. The standard InChI is InChI=1S/C16H17ClN2O2S/c1-11(18)8-13-9-15(19(20)21)6-7-16(13)22-10-12-2-4-14(17)5-3-12/h2-7,9,11H,8,10,18H2,1H3. The zero-order valence-electron chi connectivity index (χ0n) is 12.2. The first-order chi connectivity index (χ1) is 10.5. The number of hydrogen-bond acceptors (Lipinski definition) is 4. The Kier molecular flexibility index (Phi) is 5.83. The van der Waals surface area contributed by atoms with Gasteiger partial charge < -0.3 is 5.73 Å². The lowest BCUT2D eigenvalue weighted by atomic mass is 10.1. The predicted molar refractivity (Wildman–Crippen MR) is 91.5 cm³/mol. The van der Waals surface area contributed by atoms with E-state index in [1.54, 1.807) is 23.9 Å². The monoisotopic (exact) mass is 336 g/mol. The Hall–Kier alpha value is -1.56. The van der Waals surface area contributed by atoms with Crippen LogP contribution in [0.2, 0.25) is 5.02 Å². The van der Waals surface area contributed by atoms with Crippen LogP contribution in [0.25, 0.3) is 0 Å². The van der Waals surface area contributed by atoms with Gasteiger partial charge in [0, 0.05) is 33.8 Å². The van der Waals surface area contributed by atoms with E-state index in [0.29, 0.717) is 11.4 Å². The lowest BCUT2D eigenvalue weighted by Gasteiger charge is -2.11. The van der Waals surface area contributed by atoms with Crippen LogP contribution in [-0.4, -0.2) is 11.0 Å². The van der Waals surface area contributed by atoms with Crippen molar-refractivity contribution in [1.82, 2.24) is 0 Å². The maximum Gasteiger partial charge on any atom is 0.269 e. The molecular weight excluding hydrogens is 320 g/mol. The Morgan fingerprint density at radius 2 is 1.95 bits per heavy atom. The van der Waals surface area contributed by atoms with E-state index < -0.39 is 0 Å². The smallest absolute Gasteiger partial charge is 0.269 e. The van der Waals surface area contributed by atoms with Gasteiger partial charge in [0.1, 0.15) is 0 Å². The highest BCUT2D eigenvalue weighted by Gasteiger charge is 2.12. The van der Waals surface area contributed by atoms with E-state index in [1.165, 1.54) is 6.07 Å². The van der Waals surface area contributed by atoms with E-state index >= 15 is 0 Å². The van der Waals surface area contributed by atoms with Gasteiger partial charge in [-0.15, -0.1) is 11.8 Å². The fraction of sp³-hybridized carbons (Fsp3) is 0.250. The molecule has 2 N–H and O–H groups in total. The Morgan fingerprint density at radius 3 is 2.55 bits per heavy atom. The van der Waals surface area contributed by atoms with Gasteiger partial charge in [0.2, 0.25) is 0 Å². The van der Waals surface area contributed by atoms with Crippen LogP contribution in [0.5, 0.6) is 0 Å². The topological polar surface area (TPSA) is 69.2 Å². The summed E-state index contributed by atoms with van der Waals surface area (Å²) in [4.78, 5) is 11.6. The molecule has 2 rings (SSSR count). The fourth-order valence-corrected chi connectivity index (χ4v) is 3.20. The van der Waals surface area contributed by atoms with Crippen molar-refractivity contribution in [3.05, 3.63) is 68.7 Å². The first-order valence-corrected chi connectivity index (χ1v) is 8.22. The molecule has 1 unspecified atom stereocenters. The highest BCUT2D eigenvalue weighted by molar-refractivity contribution is 7.98. The van der Waals surface area contributed by atoms with Crippen LogP contribution < -0.4 is 5.73 Å². The van der Waals surface area contributed by atoms with Crippen molar-refractivity contribution in [2.75, 3.05) is 0 Å². The van der Waals surface area contributed by atoms with Crippen molar-refractivity contribution in [2.45, 2.75) is 30.0 Å². The van der Waals surface area contributed by atoms with Crippen LogP contribution in [0.4, 0.5) is 5.69 Å². The van der Waals surface area contributed by atoms with E-state index in [-0.39, 0.29) is 16.7 Å². The Morgan fingerprint density at radius 1 is 1.27 bits per heavy atom. The number of non-ortho nitro benzene ring substituents is 1. The molecule has 0 aromatic heterocycles. The van der Waals surface area contributed by atoms with Crippen molar-refractivity contribution in [1.29, 1.82) is 0 Å². The Balaban J connectivity index is 2.17. The van der Waals surface area contributed by atoms with Gasteiger partial charge in [0.15, 0.2) is 0 Å². The third kappa shape index (κ3) is 4.73. The third-order valence-electron chi connectivity index (χ3n) is 3.10. The summed E-state index contributed by atoms with van der Waals surface area (Å²) in [6, 6.07) is 12.6. The quantitative estimate of drug-likeness (QED) is 0.481. The molecule has 0 aliphatic rings. The van der Waals surface area contributed by atoms with Crippen molar-refractivity contribution in [3.63, 3.8) is 0 Å². The van der Waals surface area contributed by atoms with Gasteiger partial charge in [-0.2, -0.15) is 0 Å². The second kappa shape index (κ2) is 7.63. The van der Waals surface area contributed by atoms with E-state index in [9.17, 15) is 10.1 Å². The molecule has 2 aromatic carbocycles. The SMILES string of the molecule is CC(N)Cc1cc([N+](=O)[O-])ccc1SCc1ccc(Cl)cc1. The van der Waals surface area contributed by atoms with E-state index in [2.05, 4.69) is 0 Å². The summed E-state index contributed by atoms with van der Waals surface area (Å²) in [5.74, 6) is 0.779. The minimum Gasteiger partial charge on any atom is -0.328 e. The summed E-state index contributed by atoms with van der Waals surface area (Å²) in [6.45, 7) is 1.90. The zero-order chi connectivity index (χ0) is 16.1. The summed E-state index contributed by atoms with van der Waals surface area (Å²) in [5.41, 5.74) is 8.02. The van der Waals surface area contributed by atoms with Crippen molar-refractivity contribution < 1.29 is 4.92 Å². The van der Waals surface area contributed by atoms with Crippen molar-refractivity contribution in [2.24, 2.45) is 5.73 Å². The molecule has 0 aliphatic carbocycles. The fourth-order valence-electron chi connectivity index (χ4n) is 2.07. The molecule has 0 fully saturated rings. The molecule has 1 atom stereocenters. The predicted octanol–water partition coefficient (Wildman–Crippen LogP) is 4.43. The number of thioether (sulfide) groups is 1. The van der Waals surface area contributed by atoms with Gasteiger partial charge >= 0.3 is 0 Å². The molecule has 4 nitrogen and oxygen atoms in total. The van der Waals surface area contributed by atoms with Crippen LogP contribution in [0.15, 0.2) is 47.4 Å². The van der Waals surface area contributed by atoms with Crippen LogP contribution in [0.1, 0.15) is 18.1 Å². The normalized spacial score (nSPS) is 12.1. The molecule has 116 valence electrons. The number of benzene rings is 2. The van der Waals surface area contributed by atoms with Crippen LogP contribution in [-0.2, 0) is 12.2 Å². The second-order valence-corrected chi connectivity index (χ2v) is 6.60.